The summed E-state index contributed by atoms with van der Waals surface area (Å²) in [5, 5.41) is 20.1. The highest BCUT2D eigenvalue weighted by molar-refractivity contribution is 5.99. The van der Waals surface area contributed by atoms with Gasteiger partial charge in [0, 0.05) is 39.0 Å². The largest absolute Gasteiger partial charge is 0.493 e. The molecule has 1 saturated heterocycles. The maximum absolute atomic E-state index is 13.1. The number of nitrogens with one attached hydrogen (secondary N) is 4. The summed E-state index contributed by atoms with van der Waals surface area (Å²) < 4.78 is 5.73. The molecule has 1 aromatic rings. The van der Waals surface area contributed by atoms with Gasteiger partial charge < -0.3 is 36.0 Å². The Balaban J connectivity index is 1.68. The van der Waals surface area contributed by atoms with Crippen LogP contribution in [0.2, 0.25) is 0 Å². The summed E-state index contributed by atoms with van der Waals surface area (Å²) in [4.78, 5) is 64.3. The molecule has 2 heterocycles. The normalized spacial score (nSPS) is 21.8. The predicted molar refractivity (Wildman–Crippen MR) is 133 cm³/mol. The highest BCUT2D eigenvalue weighted by atomic mass is 16.5. The topological polar surface area (TPSA) is 166 Å². The van der Waals surface area contributed by atoms with Crippen LogP contribution < -0.4 is 26.0 Å². The van der Waals surface area contributed by atoms with Gasteiger partial charge >= 0.3 is 0 Å². The first-order valence-corrected chi connectivity index (χ1v) is 12.6. The van der Waals surface area contributed by atoms with E-state index < -0.39 is 42.3 Å². The van der Waals surface area contributed by atoms with Crippen LogP contribution in [0, 0.1) is 0 Å². The van der Waals surface area contributed by atoms with Crippen molar-refractivity contribution in [1.82, 2.24) is 26.2 Å². The molecule has 2 aliphatic heterocycles. The molecule has 1 fully saturated rings. The molecule has 0 radical (unpaired) electrons. The molecular formula is C25H35N5O7. The number of carbonyl (C=O) groups is 5. The fourth-order valence-corrected chi connectivity index (χ4v) is 4.16. The van der Waals surface area contributed by atoms with Crippen molar-refractivity contribution in [2.24, 2.45) is 0 Å². The van der Waals surface area contributed by atoms with E-state index in [0.29, 0.717) is 38.1 Å². The molecule has 2 atom stereocenters. The average molecular weight is 518 g/mol. The summed E-state index contributed by atoms with van der Waals surface area (Å²) in [7, 11) is 0. The lowest BCUT2D eigenvalue weighted by Crippen LogP contribution is -2.50. The number of carbonyl (C=O) groups excluding carboxylic acids is 5. The monoisotopic (exact) mass is 517 g/mol. The lowest BCUT2D eigenvalue weighted by Gasteiger charge is -2.21. The van der Waals surface area contributed by atoms with Crippen LogP contribution in [-0.4, -0.2) is 91.0 Å². The van der Waals surface area contributed by atoms with Crippen molar-refractivity contribution >= 4 is 29.5 Å². The quantitative estimate of drug-likeness (QED) is 0.304. The third-order valence-corrected chi connectivity index (χ3v) is 6.20. The molecule has 5 N–H and O–H groups in total. The van der Waals surface area contributed by atoms with Gasteiger partial charge in [-0.2, -0.15) is 0 Å². The number of rotatable bonds is 6. The van der Waals surface area contributed by atoms with Crippen LogP contribution in [0.5, 0.6) is 5.75 Å². The van der Waals surface area contributed by atoms with Gasteiger partial charge in [0.15, 0.2) is 0 Å². The van der Waals surface area contributed by atoms with Gasteiger partial charge in [-0.3, -0.25) is 24.0 Å². The second-order valence-electron chi connectivity index (χ2n) is 8.99. The third-order valence-electron chi connectivity index (χ3n) is 6.20. The van der Waals surface area contributed by atoms with E-state index in [1.807, 2.05) is 0 Å². The Bertz CT molecular complexity index is 986. The fourth-order valence-electron chi connectivity index (χ4n) is 4.16. The van der Waals surface area contributed by atoms with Gasteiger partial charge in [0.2, 0.25) is 23.6 Å². The standard InChI is InChI=1S/C25H35N5O7/c31-16-19-25(36)27-12-5-15-37-20-7-2-1-6-17(20)23(34)29-18(9-10-21(32)28-19)24(35)26-11-4-14-30-13-3-8-22(30)33/h1-2,6-7,18-19,31H,3-5,8-16H2,(H,26,35)(H,27,36)(H,28,32)(H,29,34)/t18-,19-/m0/s1. The molecule has 0 aromatic heterocycles. The SMILES string of the molecule is O=C1CC[C@@H](C(=O)NCCCN2CCCC2=O)NC(=O)c2ccccc2OCCCNC(=O)[C@H](CO)N1. The molecule has 2 aliphatic rings. The molecule has 1 aromatic carbocycles. The number of nitrogens with zero attached hydrogens (tertiary/aromatic N) is 1. The number of aliphatic hydroxyl groups excluding tert-OH is 1. The second kappa shape index (κ2) is 14.2. The van der Waals surface area contributed by atoms with Crippen LogP contribution in [0.1, 0.15) is 48.9 Å². The first-order chi connectivity index (χ1) is 17.9. The summed E-state index contributed by atoms with van der Waals surface area (Å²) in [6, 6.07) is 4.46. The van der Waals surface area contributed by atoms with Crippen LogP contribution in [0.25, 0.3) is 0 Å². The molecule has 3 rings (SSSR count). The van der Waals surface area contributed by atoms with Crippen molar-refractivity contribution < 1.29 is 33.8 Å². The zero-order valence-electron chi connectivity index (χ0n) is 20.8. The van der Waals surface area contributed by atoms with Crippen molar-refractivity contribution in [2.45, 2.75) is 50.6 Å². The Kier molecular flexibility index (Phi) is 10.7. The van der Waals surface area contributed by atoms with E-state index in [0.717, 1.165) is 13.0 Å². The van der Waals surface area contributed by atoms with Crippen molar-refractivity contribution in [3.63, 3.8) is 0 Å². The summed E-state index contributed by atoms with van der Waals surface area (Å²) in [5.41, 5.74) is 0.244. The zero-order valence-corrected chi connectivity index (χ0v) is 20.8. The molecule has 5 amide bonds. The van der Waals surface area contributed by atoms with Gasteiger partial charge in [-0.25, -0.2) is 0 Å². The number of ether oxygens (including phenoxy) is 1. The minimum absolute atomic E-state index is 0.0309. The zero-order chi connectivity index (χ0) is 26.6. The second-order valence-corrected chi connectivity index (χ2v) is 8.99. The minimum Gasteiger partial charge on any atom is -0.493 e. The Hall–Kier alpha value is -3.67. The maximum Gasteiger partial charge on any atom is 0.255 e. The molecule has 0 aliphatic carbocycles. The minimum atomic E-state index is -1.13. The van der Waals surface area contributed by atoms with E-state index in [2.05, 4.69) is 21.3 Å². The lowest BCUT2D eigenvalue weighted by atomic mass is 10.1. The molecule has 12 heteroatoms. The van der Waals surface area contributed by atoms with Crippen LogP contribution in [0.15, 0.2) is 24.3 Å². The first-order valence-electron chi connectivity index (χ1n) is 12.6. The van der Waals surface area contributed by atoms with E-state index >= 15 is 0 Å². The summed E-state index contributed by atoms with van der Waals surface area (Å²) in [6.45, 7) is 1.44. The van der Waals surface area contributed by atoms with Gasteiger partial charge in [-0.15, -0.1) is 0 Å². The number of hydrogen-bond donors (Lipinski definition) is 5. The molecule has 37 heavy (non-hydrogen) atoms. The van der Waals surface area contributed by atoms with Crippen molar-refractivity contribution in [2.75, 3.05) is 39.4 Å². The van der Waals surface area contributed by atoms with Crippen LogP contribution in [0.3, 0.4) is 0 Å². The third kappa shape index (κ3) is 8.45. The highest BCUT2D eigenvalue weighted by Crippen LogP contribution is 2.18. The van der Waals surface area contributed by atoms with Crippen molar-refractivity contribution in [3.05, 3.63) is 29.8 Å². The molecule has 0 spiro atoms. The maximum atomic E-state index is 13.1. The predicted octanol–water partition coefficient (Wildman–Crippen LogP) is -0.930. The molecular weight excluding hydrogens is 482 g/mol. The van der Waals surface area contributed by atoms with Gasteiger partial charge in [0.25, 0.3) is 5.91 Å². The van der Waals surface area contributed by atoms with Crippen molar-refractivity contribution in [3.8, 4) is 5.75 Å². The Morgan fingerprint density at radius 2 is 1.92 bits per heavy atom. The van der Waals surface area contributed by atoms with E-state index in [-0.39, 0.29) is 37.5 Å². The van der Waals surface area contributed by atoms with Crippen LogP contribution in [0.4, 0.5) is 0 Å². The number of fused-ring (bicyclic) bond motifs is 1. The van der Waals surface area contributed by atoms with Crippen LogP contribution >= 0.6 is 0 Å². The van der Waals surface area contributed by atoms with E-state index in [1.54, 1.807) is 29.2 Å². The fraction of sp³-hybridized carbons (Fsp3) is 0.560. The first kappa shape index (κ1) is 27.9. The highest BCUT2D eigenvalue weighted by Gasteiger charge is 2.26. The summed E-state index contributed by atoms with van der Waals surface area (Å²) in [6.07, 6.45) is 2.18. The number of likely N-dealkylation sites (tertiary alicyclic amines) is 1. The number of hydrogen-bond acceptors (Lipinski definition) is 7. The number of amides is 5. The van der Waals surface area contributed by atoms with Crippen molar-refractivity contribution in [1.29, 1.82) is 0 Å². The Labute approximate surface area is 215 Å². The smallest absolute Gasteiger partial charge is 0.255 e. The van der Waals surface area contributed by atoms with Gasteiger partial charge in [-0.05, 0) is 37.8 Å². The summed E-state index contributed by atoms with van der Waals surface area (Å²) >= 11 is 0. The molecule has 0 bridgehead atoms. The molecule has 0 unspecified atom stereocenters. The van der Waals surface area contributed by atoms with Crippen LogP contribution in [-0.2, 0) is 19.2 Å². The lowest BCUT2D eigenvalue weighted by molar-refractivity contribution is -0.130. The average Bonchev–Trinajstić information content (AvgIpc) is 3.31. The van der Waals surface area contributed by atoms with E-state index in [9.17, 15) is 29.1 Å². The van der Waals surface area contributed by atoms with E-state index in [4.69, 9.17) is 4.74 Å². The van der Waals surface area contributed by atoms with Gasteiger partial charge in [0.1, 0.15) is 17.8 Å². The van der Waals surface area contributed by atoms with Gasteiger partial charge in [-0.1, -0.05) is 12.1 Å². The molecule has 12 nitrogen and oxygen atoms in total. The van der Waals surface area contributed by atoms with Gasteiger partial charge in [0.05, 0.1) is 18.8 Å². The molecule has 202 valence electrons. The number of benzene rings is 1. The number of para-hydroxylation sites is 1. The summed E-state index contributed by atoms with van der Waals surface area (Å²) in [5.74, 6) is -1.61. The van der Waals surface area contributed by atoms with E-state index in [1.165, 1.54) is 0 Å². The Morgan fingerprint density at radius 1 is 1.11 bits per heavy atom. The molecule has 0 saturated carbocycles. The Morgan fingerprint density at radius 3 is 2.68 bits per heavy atom. The number of aliphatic hydroxyl groups is 1.